The molecule has 0 bridgehead atoms. The molecule has 0 aliphatic carbocycles. The van der Waals surface area contributed by atoms with Gasteiger partial charge < -0.3 is 4.42 Å². The van der Waals surface area contributed by atoms with Crippen molar-refractivity contribution < 1.29 is 4.42 Å². The van der Waals surface area contributed by atoms with Gasteiger partial charge >= 0.3 is 0 Å². The Kier molecular flexibility index (Phi) is 2.67. The van der Waals surface area contributed by atoms with Crippen LogP contribution in [-0.2, 0) is 0 Å². The molecule has 1 aromatic heterocycles. The highest BCUT2D eigenvalue weighted by molar-refractivity contribution is 5.91. The fourth-order valence-corrected chi connectivity index (χ4v) is 2.69. The summed E-state index contributed by atoms with van der Waals surface area (Å²) in [6, 6.07) is 11.4. The Labute approximate surface area is 111 Å². The molecule has 0 aliphatic heterocycles. The van der Waals surface area contributed by atoms with Crippen LogP contribution in [0.15, 0.2) is 45.6 Å². The summed E-state index contributed by atoms with van der Waals surface area (Å²) in [5.74, 6) is 0.398. The van der Waals surface area contributed by atoms with Gasteiger partial charge in [0, 0.05) is 0 Å². The Hall–Kier alpha value is -2.09. The maximum absolute atomic E-state index is 12.6. The van der Waals surface area contributed by atoms with Gasteiger partial charge in [0.2, 0.25) is 5.43 Å². The molecule has 0 radical (unpaired) electrons. The lowest BCUT2D eigenvalue weighted by Crippen LogP contribution is -2.06. The van der Waals surface area contributed by atoms with Gasteiger partial charge in [-0.1, -0.05) is 32.0 Å². The molecule has 0 N–H and O–H groups in total. The van der Waals surface area contributed by atoms with Crippen molar-refractivity contribution in [1.29, 1.82) is 0 Å². The predicted molar refractivity (Wildman–Crippen MR) is 78.8 cm³/mol. The summed E-state index contributed by atoms with van der Waals surface area (Å²) in [6.45, 7) is 6.27. The van der Waals surface area contributed by atoms with E-state index in [2.05, 4.69) is 19.9 Å². The third-order valence-electron chi connectivity index (χ3n) is 3.67. The smallest absolute Gasteiger partial charge is 0.200 e. The summed E-state index contributed by atoms with van der Waals surface area (Å²) in [5, 5.41) is 1.36. The van der Waals surface area contributed by atoms with Gasteiger partial charge in [-0.25, -0.2) is 0 Å². The first-order chi connectivity index (χ1) is 9.09. The van der Waals surface area contributed by atoms with Gasteiger partial charge in [-0.05, 0) is 42.2 Å². The van der Waals surface area contributed by atoms with Crippen LogP contribution in [0.4, 0.5) is 0 Å². The average Bonchev–Trinajstić information content (AvgIpc) is 2.38. The summed E-state index contributed by atoms with van der Waals surface area (Å²) in [7, 11) is 0. The number of hydrogen-bond donors (Lipinski definition) is 0. The molecular weight excluding hydrogens is 236 g/mol. The SMILES string of the molecule is Cc1c(C(C)C)ccc2oc3ccccc3c(=O)c12. The predicted octanol–water partition coefficient (Wildman–Crippen LogP) is 4.38. The molecule has 0 amide bonds. The van der Waals surface area contributed by atoms with E-state index < -0.39 is 0 Å². The molecule has 0 saturated heterocycles. The van der Waals surface area contributed by atoms with Gasteiger partial charge in [-0.15, -0.1) is 0 Å². The lowest BCUT2D eigenvalue weighted by Gasteiger charge is -2.12. The van der Waals surface area contributed by atoms with Gasteiger partial charge in [0.15, 0.2) is 0 Å². The summed E-state index contributed by atoms with van der Waals surface area (Å²) < 4.78 is 5.84. The summed E-state index contributed by atoms with van der Waals surface area (Å²) in [6.07, 6.45) is 0. The van der Waals surface area contributed by atoms with Gasteiger partial charge in [0.1, 0.15) is 11.2 Å². The van der Waals surface area contributed by atoms with Crippen LogP contribution >= 0.6 is 0 Å². The second kappa shape index (κ2) is 4.23. The Balaban J connectivity index is 2.53. The number of hydrogen-bond acceptors (Lipinski definition) is 2. The van der Waals surface area contributed by atoms with Crippen molar-refractivity contribution >= 4 is 21.9 Å². The van der Waals surface area contributed by atoms with Crippen LogP contribution in [0.5, 0.6) is 0 Å². The maximum Gasteiger partial charge on any atom is 0.200 e. The zero-order valence-corrected chi connectivity index (χ0v) is 11.4. The van der Waals surface area contributed by atoms with Gasteiger partial charge in [-0.2, -0.15) is 0 Å². The molecule has 0 fully saturated rings. The number of rotatable bonds is 1. The van der Waals surface area contributed by atoms with Gasteiger partial charge in [-0.3, -0.25) is 4.79 Å². The topological polar surface area (TPSA) is 30.2 Å². The largest absolute Gasteiger partial charge is 0.456 e. The van der Waals surface area contributed by atoms with Crippen LogP contribution in [0.25, 0.3) is 21.9 Å². The van der Waals surface area contributed by atoms with Crippen LogP contribution < -0.4 is 5.43 Å². The molecule has 3 aromatic rings. The fraction of sp³-hybridized carbons (Fsp3) is 0.235. The number of aryl methyl sites for hydroxylation is 1. The molecule has 19 heavy (non-hydrogen) atoms. The van der Waals surface area contributed by atoms with E-state index in [1.54, 1.807) is 0 Å². The highest BCUT2D eigenvalue weighted by Gasteiger charge is 2.13. The zero-order valence-electron chi connectivity index (χ0n) is 11.4. The summed E-state index contributed by atoms with van der Waals surface area (Å²) >= 11 is 0. The first-order valence-corrected chi connectivity index (χ1v) is 6.54. The minimum absolute atomic E-state index is 0.0665. The molecule has 96 valence electrons. The van der Waals surface area contributed by atoms with Crippen molar-refractivity contribution in [3.05, 3.63) is 57.7 Å². The second-order valence-corrected chi connectivity index (χ2v) is 5.23. The lowest BCUT2D eigenvalue weighted by molar-refractivity contribution is 0.659. The molecule has 0 atom stereocenters. The third kappa shape index (κ3) is 1.75. The highest BCUT2D eigenvalue weighted by Crippen LogP contribution is 2.27. The van der Waals surface area contributed by atoms with Crippen LogP contribution in [-0.4, -0.2) is 0 Å². The van der Waals surface area contributed by atoms with Crippen molar-refractivity contribution in [2.45, 2.75) is 26.7 Å². The Morgan fingerprint density at radius 2 is 1.74 bits per heavy atom. The van der Waals surface area contributed by atoms with E-state index in [1.807, 2.05) is 37.3 Å². The second-order valence-electron chi connectivity index (χ2n) is 5.23. The first kappa shape index (κ1) is 12.0. The molecule has 2 nitrogen and oxygen atoms in total. The van der Waals surface area contributed by atoms with Crippen LogP contribution in [0.3, 0.4) is 0 Å². The summed E-state index contributed by atoms with van der Waals surface area (Å²) in [5.41, 5.74) is 3.63. The van der Waals surface area contributed by atoms with Gasteiger partial charge in [0.25, 0.3) is 0 Å². The minimum atomic E-state index is 0.0665. The normalized spacial score (nSPS) is 11.6. The van der Waals surface area contributed by atoms with E-state index in [4.69, 9.17) is 4.42 Å². The number of benzene rings is 2. The molecular formula is C17H16O2. The van der Waals surface area contributed by atoms with E-state index in [9.17, 15) is 4.79 Å². The Morgan fingerprint density at radius 3 is 2.47 bits per heavy atom. The van der Waals surface area contributed by atoms with E-state index in [-0.39, 0.29) is 5.43 Å². The Morgan fingerprint density at radius 1 is 1.00 bits per heavy atom. The maximum atomic E-state index is 12.6. The van der Waals surface area contributed by atoms with Crippen molar-refractivity contribution in [3.63, 3.8) is 0 Å². The number of para-hydroxylation sites is 1. The van der Waals surface area contributed by atoms with Crippen LogP contribution in [0, 0.1) is 6.92 Å². The zero-order chi connectivity index (χ0) is 13.6. The fourth-order valence-electron chi connectivity index (χ4n) is 2.69. The highest BCUT2D eigenvalue weighted by atomic mass is 16.3. The van der Waals surface area contributed by atoms with Crippen LogP contribution in [0.1, 0.15) is 30.9 Å². The molecule has 0 unspecified atom stereocenters. The van der Waals surface area contributed by atoms with Crippen molar-refractivity contribution in [2.24, 2.45) is 0 Å². The van der Waals surface area contributed by atoms with Crippen molar-refractivity contribution in [2.75, 3.05) is 0 Å². The lowest BCUT2D eigenvalue weighted by atomic mass is 9.94. The molecule has 0 spiro atoms. The van der Waals surface area contributed by atoms with Gasteiger partial charge in [0.05, 0.1) is 10.8 Å². The molecule has 0 saturated carbocycles. The monoisotopic (exact) mass is 252 g/mol. The minimum Gasteiger partial charge on any atom is -0.456 e. The third-order valence-corrected chi connectivity index (χ3v) is 3.67. The average molecular weight is 252 g/mol. The van der Waals surface area contributed by atoms with E-state index >= 15 is 0 Å². The quantitative estimate of drug-likeness (QED) is 0.602. The summed E-state index contributed by atoms with van der Waals surface area (Å²) in [4.78, 5) is 12.6. The molecule has 2 heteroatoms. The Bertz CT molecular complexity index is 826. The van der Waals surface area contributed by atoms with Crippen LogP contribution in [0.2, 0.25) is 0 Å². The standard InChI is InChI=1S/C17H16O2/c1-10(2)12-8-9-15-16(11(12)3)17(18)13-6-4-5-7-14(13)19-15/h4-10H,1-3H3. The van der Waals surface area contributed by atoms with Crippen molar-refractivity contribution in [1.82, 2.24) is 0 Å². The van der Waals surface area contributed by atoms with Crippen molar-refractivity contribution in [3.8, 4) is 0 Å². The van der Waals surface area contributed by atoms with E-state index in [1.165, 1.54) is 5.56 Å². The molecule has 2 aromatic carbocycles. The molecule has 3 rings (SSSR count). The molecule has 1 heterocycles. The first-order valence-electron chi connectivity index (χ1n) is 6.54. The van der Waals surface area contributed by atoms with E-state index in [0.29, 0.717) is 27.9 Å². The number of fused-ring (bicyclic) bond motifs is 2. The van der Waals surface area contributed by atoms with E-state index in [0.717, 1.165) is 5.56 Å². The molecule has 0 aliphatic rings.